The number of alkyl halides is 2. The smallest absolute Gasteiger partial charge is 0.291 e. The number of rotatable bonds is 13. The topological polar surface area (TPSA) is 110 Å². The van der Waals surface area contributed by atoms with E-state index in [1.807, 2.05) is 17.9 Å². The van der Waals surface area contributed by atoms with E-state index in [0.717, 1.165) is 25.5 Å². The summed E-state index contributed by atoms with van der Waals surface area (Å²) in [5.41, 5.74) is 0.757. The molecule has 5 rings (SSSR count). The Kier molecular flexibility index (Phi) is 10.7. The van der Waals surface area contributed by atoms with E-state index in [1.54, 1.807) is 29.8 Å². The number of unbranched alkanes of at least 4 members (excludes halogenated alkanes) is 4. The first kappa shape index (κ1) is 32.7. The lowest BCUT2D eigenvalue weighted by Gasteiger charge is -2.31. The Labute approximate surface area is 261 Å². The Morgan fingerprint density at radius 2 is 1.82 bits per heavy atom. The van der Waals surface area contributed by atoms with Crippen LogP contribution in [-0.4, -0.2) is 60.0 Å². The third-order valence-electron chi connectivity index (χ3n) is 9.05. The van der Waals surface area contributed by atoms with Crippen molar-refractivity contribution in [3.05, 3.63) is 62.2 Å². The molecule has 10 nitrogen and oxygen atoms in total. The fourth-order valence-corrected chi connectivity index (χ4v) is 6.39. The molecule has 0 aliphatic carbocycles. The Morgan fingerprint density at radius 1 is 1.09 bits per heavy atom. The molecule has 0 radical (unpaired) electrons. The quantitative estimate of drug-likeness (QED) is 0.213. The third-order valence-corrected chi connectivity index (χ3v) is 9.05. The Hall–Kier alpha value is -3.64. The number of anilines is 2. The van der Waals surface area contributed by atoms with E-state index in [0.29, 0.717) is 94.1 Å². The van der Waals surface area contributed by atoms with E-state index in [9.17, 15) is 14.4 Å². The molecule has 2 saturated heterocycles. The van der Waals surface area contributed by atoms with Crippen LogP contribution in [-0.2, 0) is 29.0 Å². The van der Waals surface area contributed by atoms with Crippen molar-refractivity contribution >= 4 is 28.7 Å². The molecule has 45 heavy (non-hydrogen) atoms. The predicted octanol–water partition coefficient (Wildman–Crippen LogP) is 4.35. The van der Waals surface area contributed by atoms with Crippen LogP contribution < -0.4 is 26.7 Å². The minimum atomic E-state index is -2.95. The number of hydrogen-bond donors (Lipinski definition) is 2. The maximum Gasteiger partial charge on any atom is 0.291 e. The summed E-state index contributed by atoms with van der Waals surface area (Å²) in [5, 5.41) is 11.6. The van der Waals surface area contributed by atoms with Gasteiger partial charge in [-0.2, -0.15) is 5.10 Å². The molecule has 0 amide bonds. The molecule has 2 aliphatic rings. The maximum absolute atomic E-state index is 15.5. The van der Waals surface area contributed by atoms with Crippen LogP contribution in [0.15, 0.2) is 39.9 Å². The lowest BCUT2D eigenvalue weighted by atomic mass is 9.86. The molecule has 1 aromatic carbocycles. The number of fused-ring (bicyclic) bond motifs is 1. The summed E-state index contributed by atoms with van der Waals surface area (Å²) in [7, 11) is 1.54. The van der Waals surface area contributed by atoms with Gasteiger partial charge in [-0.3, -0.25) is 9.59 Å². The number of aldehydes is 1. The van der Waals surface area contributed by atoms with Crippen LogP contribution in [0.5, 0.6) is 0 Å². The molecule has 1 atom stereocenters. The lowest BCUT2D eigenvalue weighted by molar-refractivity contribution is -0.107. The van der Waals surface area contributed by atoms with Crippen molar-refractivity contribution in [1.82, 2.24) is 19.7 Å². The minimum Gasteiger partial charge on any atom is -0.378 e. The van der Waals surface area contributed by atoms with Crippen LogP contribution >= 0.6 is 0 Å². The molecule has 0 bridgehead atoms. The van der Waals surface area contributed by atoms with Crippen molar-refractivity contribution in [3.8, 4) is 0 Å². The van der Waals surface area contributed by atoms with Gasteiger partial charge in [-0.25, -0.2) is 13.5 Å². The number of ether oxygens (including phenoxy) is 1. The third kappa shape index (κ3) is 7.27. The first-order valence-electron chi connectivity index (χ1n) is 16.1. The summed E-state index contributed by atoms with van der Waals surface area (Å²) >= 11 is 0. The summed E-state index contributed by atoms with van der Waals surface area (Å²) in [6.45, 7) is 5.45. The number of carbonyl (C=O) groups excluding carboxylic acids is 1. The van der Waals surface area contributed by atoms with E-state index in [2.05, 4.69) is 15.7 Å². The van der Waals surface area contributed by atoms with Gasteiger partial charge < -0.3 is 29.6 Å². The number of morpholine rings is 1. The second kappa shape index (κ2) is 14.6. The van der Waals surface area contributed by atoms with Crippen LogP contribution in [0, 0.1) is 5.92 Å². The van der Waals surface area contributed by atoms with Gasteiger partial charge in [-0.15, -0.1) is 0 Å². The van der Waals surface area contributed by atoms with Crippen LogP contribution in [0.3, 0.4) is 0 Å². The molecule has 3 aromatic rings. The number of halogens is 2. The molecule has 2 aromatic heterocycles. The van der Waals surface area contributed by atoms with Gasteiger partial charge in [-0.1, -0.05) is 31.0 Å². The van der Waals surface area contributed by atoms with Crippen molar-refractivity contribution in [2.75, 3.05) is 49.6 Å². The number of aromatic nitrogens is 3. The van der Waals surface area contributed by atoms with Gasteiger partial charge in [0.15, 0.2) is 5.82 Å². The van der Waals surface area contributed by atoms with E-state index in [4.69, 9.17) is 4.74 Å². The van der Waals surface area contributed by atoms with E-state index in [-0.39, 0.29) is 16.6 Å². The van der Waals surface area contributed by atoms with Crippen molar-refractivity contribution < 1.29 is 18.3 Å². The fourth-order valence-electron chi connectivity index (χ4n) is 6.39. The second-order valence-electron chi connectivity index (χ2n) is 12.1. The molecule has 0 spiro atoms. The largest absolute Gasteiger partial charge is 0.378 e. The highest BCUT2D eigenvalue weighted by atomic mass is 19.3. The number of carbonyl (C=O) groups is 1. The fraction of sp³-hybridized carbons (Fsp3) is 0.576. The van der Waals surface area contributed by atoms with Crippen LogP contribution in [0.2, 0.25) is 0 Å². The number of piperidine rings is 1. The number of aryl methyl sites for hydroxylation is 2. The number of benzene rings is 1. The highest BCUT2D eigenvalue weighted by Gasteiger charge is 2.41. The summed E-state index contributed by atoms with van der Waals surface area (Å²) < 4.78 is 39.4. The first-order valence-corrected chi connectivity index (χ1v) is 16.1. The molecule has 2 aliphatic heterocycles. The number of pyridine rings is 1. The highest BCUT2D eigenvalue weighted by molar-refractivity contribution is 5.91. The number of hydrogen-bond acceptors (Lipinski definition) is 8. The average Bonchev–Trinajstić information content (AvgIpc) is 3.06. The van der Waals surface area contributed by atoms with Crippen LogP contribution in [0.4, 0.5) is 20.3 Å². The monoisotopic (exact) mass is 626 g/mol. The molecule has 2 fully saturated rings. The zero-order chi connectivity index (χ0) is 32.0. The van der Waals surface area contributed by atoms with Gasteiger partial charge in [-0.05, 0) is 63.4 Å². The summed E-state index contributed by atoms with van der Waals surface area (Å²) in [6.07, 6.45) is 5.39. The van der Waals surface area contributed by atoms with Gasteiger partial charge in [0, 0.05) is 44.6 Å². The second-order valence-corrected chi connectivity index (χ2v) is 12.1. The summed E-state index contributed by atoms with van der Waals surface area (Å²) in [6, 6.07) is 7.83. The number of nitrogens with one attached hydrogen (secondary N) is 2. The van der Waals surface area contributed by atoms with Crippen LogP contribution in [0.1, 0.15) is 69.0 Å². The summed E-state index contributed by atoms with van der Waals surface area (Å²) in [4.78, 5) is 40.1. The standard InChI is InChI=1S/C33H44F2N6O4/c1-23(24-9-8-10-26(21-24)33(34,35)25-11-13-36-14-12-25)37-30-27-22-28(40-16-19-45-20-17-40)31(43)41(15-6-4-3-5-7-18-42)29(27)32(44)39(2)38-30/h8-10,18,21-23,25,36H,3-7,11-17,19-20H2,1-2H3,(H,37,38)/t23-/m1/s1. The molecule has 0 unspecified atom stereocenters. The summed E-state index contributed by atoms with van der Waals surface area (Å²) in [5.74, 6) is -3.27. The Morgan fingerprint density at radius 3 is 2.56 bits per heavy atom. The predicted molar refractivity (Wildman–Crippen MR) is 171 cm³/mol. The molecular weight excluding hydrogens is 582 g/mol. The molecule has 0 saturated carbocycles. The molecule has 12 heteroatoms. The zero-order valence-electron chi connectivity index (χ0n) is 26.2. The van der Waals surface area contributed by atoms with Crippen molar-refractivity contribution in [2.24, 2.45) is 13.0 Å². The van der Waals surface area contributed by atoms with E-state index < -0.39 is 23.4 Å². The van der Waals surface area contributed by atoms with Crippen molar-refractivity contribution in [1.29, 1.82) is 0 Å². The lowest BCUT2D eigenvalue weighted by Crippen LogP contribution is -2.41. The molecule has 244 valence electrons. The van der Waals surface area contributed by atoms with Gasteiger partial charge in [0.2, 0.25) is 0 Å². The first-order chi connectivity index (χ1) is 21.7. The zero-order valence-corrected chi connectivity index (χ0v) is 26.2. The molecule has 4 heterocycles. The van der Waals surface area contributed by atoms with E-state index >= 15 is 8.78 Å². The number of nitrogens with zero attached hydrogens (tertiary/aromatic N) is 4. The van der Waals surface area contributed by atoms with Crippen molar-refractivity contribution in [3.63, 3.8) is 0 Å². The SMILES string of the molecule is C[C@@H](Nc1nn(C)c(=O)c2c1cc(N1CCOCC1)c(=O)n2CCCCCCC=O)c1cccc(C(F)(F)C2CCNCC2)c1. The molecule has 2 N–H and O–H groups in total. The highest BCUT2D eigenvalue weighted by Crippen LogP contribution is 2.41. The maximum atomic E-state index is 15.5. The van der Waals surface area contributed by atoms with Crippen molar-refractivity contribution in [2.45, 2.75) is 70.4 Å². The minimum absolute atomic E-state index is 0.00425. The molecular formula is C33H44F2N6O4. The van der Waals surface area contributed by atoms with Crippen LogP contribution in [0.25, 0.3) is 10.9 Å². The normalized spacial score (nSPS) is 17.0. The van der Waals surface area contributed by atoms with E-state index in [1.165, 1.54) is 10.7 Å². The van der Waals surface area contributed by atoms with Gasteiger partial charge in [0.25, 0.3) is 17.0 Å². The average molecular weight is 627 g/mol. The van der Waals surface area contributed by atoms with Gasteiger partial charge in [0.1, 0.15) is 17.5 Å². The van der Waals surface area contributed by atoms with Gasteiger partial charge in [0.05, 0.1) is 24.6 Å². The Balaban J connectivity index is 1.51. The Bertz CT molecular complexity index is 1590. The van der Waals surface area contributed by atoms with Gasteiger partial charge >= 0.3 is 0 Å².